The topological polar surface area (TPSA) is 110 Å². The molecule has 2 N–H and O–H groups in total. The van der Waals surface area contributed by atoms with Crippen LogP contribution in [0.4, 0.5) is 0 Å². The fraction of sp³-hybridized carbons (Fsp3) is 0.0909. The van der Waals surface area contributed by atoms with E-state index in [1.54, 1.807) is 10.7 Å². The fourth-order valence-corrected chi connectivity index (χ4v) is 2.61. The van der Waals surface area contributed by atoms with Crippen molar-refractivity contribution >= 4 is 22.1 Å². The molecule has 0 amide bonds. The summed E-state index contributed by atoms with van der Waals surface area (Å²) in [4.78, 5) is 30.2. The molecule has 3 rings (SSSR count). The van der Waals surface area contributed by atoms with E-state index < -0.39 is 17.2 Å². The van der Waals surface area contributed by atoms with Gasteiger partial charge in [0.25, 0.3) is 5.56 Å². The Kier molecular flexibility index (Phi) is 2.75. The van der Waals surface area contributed by atoms with Gasteiger partial charge >= 0.3 is 5.97 Å². The van der Waals surface area contributed by atoms with Crippen molar-refractivity contribution in [1.29, 1.82) is 0 Å². The van der Waals surface area contributed by atoms with Crippen molar-refractivity contribution in [2.24, 2.45) is 0 Å². The number of aromatic nitrogens is 4. The Morgan fingerprint density at radius 2 is 2.35 bits per heavy atom. The van der Waals surface area contributed by atoms with Crippen LogP contribution in [0.25, 0.3) is 16.2 Å². The van der Waals surface area contributed by atoms with Gasteiger partial charge in [-0.1, -0.05) is 0 Å². The van der Waals surface area contributed by atoms with Crippen LogP contribution in [0, 0.1) is 0 Å². The molecular weight excluding hydrogens is 284 g/mol. The van der Waals surface area contributed by atoms with Crippen molar-refractivity contribution < 1.29 is 14.6 Å². The van der Waals surface area contributed by atoms with Gasteiger partial charge in [0.05, 0.1) is 18.9 Å². The van der Waals surface area contributed by atoms with E-state index in [4.69, 9.17) is 9.84 Å². The first-order valence-electron chi connectivity index (χ1n) is 5.44. The SMILES string of the molecule is COc1c(C(=O)O)nc(-c2cnn3ccsc23)[nH]c1=O. The molecule has 0 aliphatic carbocycles. The van der Waals surface area contributed by atoms with Gasteiger partial charge in [0.1, 0.15) is 10.7 Å². The Hall–Kier alpha value is -2.68. The van der Waals surface area contributed by atoms with Crippen LogP contribution in [0.15, 0.2) is 22.6 Å². The summed E-state index contributed by atoms with van der Waals surface area (Å²) in [5.41, 5.74) is -0.518. The Labute approximate surface area is 115 Å². The molecule has 8 nitrogen and oxygen atoms in total. The third-order valence-corrected chi connectivity index (χ3v) is 3.56. The monoisotopic (exact) mass is 292 g/mol. The number of nitrogens with zero attached hydrogens (tertiary/aromatic N) is 3. The van der Waals surface area contributed by atoms with Gasteiger partial charge in [0.2, 0.25) is 5.75 Å². The highest BCUT2D eigenvalue weighted by molar-refractivity contribution is 7.16. The van der Waals surface area contributed by atoms with Gasteiger partial charge < -0.3 is 14.8 Å². The predicted molar refractivity (Wildman–Crippen MR) is 70.4 cm³/mol. The van der Waals surface area contributed by atoms with Crippen LogP contribution in [0.5, 0.6) is 5.75 Å². The summed E-state index contributed by atoms with van der Waals surface area (Å²) in [6.07, 6.45) is 3.27. The first kappa shape index (κ1) is 12.4. The molecule has 9 heteroatoms. The standard InChI is InChI=1S/C11H8N4O4S/c1-19-7-6(11(17)18)13-8(14-9(7)16)5-4-12-15-2-3-20-10(5)15/h2-4H,1H3,(H,17,18)(H,13,14,16). The number of thiazole rings is 1. The molecule has 0 unspecified atom stereocenters. The molecule has 0 spiro atoms. The highest BCUT2D eigenvalue weighted by atomic mass is 32.1. The van der Waals surface area contributed by atoms with Gasteiger partial charge in [-0.15, -0.1) is 11.3 Å². The average Bonchev–Trinajstić information content (AvgIpc) is 2.99. The number of aromatic carboxylic acids is 1. The number of carboxylic acid groups (broad SMARTS) is 1. The molecule has 20 heavy (non-hydrogen) atoms. The third-order valence-electron chi connectivity index (χ3n) is 2.67. The van der Waals surface area contributed by atoms with Crippen molar-refractivity contribution in [1.82, 2.24) is 19.6 Å². The van der Waals surface area contributed by atoms with E-state index in [1.165, 1.54) is 24.6 Å². The van der Waals surface area contributed by atoms with Gasteiger partial charge in [-0.25, -0.2) is 14.3 Å². The van der Waals surface area contributed by atoms with E-state index in [2.05, 4.69) is 15.1 Å². The molecule has 0 aliphatic rings. The molecule has 0 radical (unpaired) electrons. The maximum Gasteiger partial charge on any atom is 0.358 e. The number of hydrogen-bond acceptors (Lipinski definition) is 6. The molecule has 0 saturated heterocycles. The molecule has 102 valence electrons. The van der Waals surface area contributed by atoms with Crippen LogP contribution in [-0.2, 0) is 0 Å². The zero-order valence-corrected chi connectivity index (χ0v) is 11.0. The Morgan fingerprint density at radius 1 is 1.55 bits per heavy atom. The zero-order chi connectivity index (χ0) is 14.3. The van der Waals surface area contributed by atoms with Crippen LogP contribution in [0.1, 0.15) is 10.5 Å². The van der Waals surface area contributed by atoms with Crippen molar-refractivity contribution in [2.45, 2.75) is 0 Å². The van der Waals surface area contributed by atoms with E-state index in [0.717, 1.165) is 4.83 Å². The second kappa shape index (κ2) is 4.46. The summed E-state index contributed by atoms with van der Waals surface area (Å²) in [5, 5.41) is 15.0. The second-order valence-electron chi connectivity index (χ2n) is 3.81. The summed E-state index contributed by atoms with van der Waals surface area (Å²) < 4.78 is 6.39. The Morgan fingerprint density at radius 3 is 3.05 bits per heavy atom. The number of carboxylic acids is 1. The summed E-state index contributed by atoms with van der Waals surface area (Å²) in [6, 6.07) is 0. The highest BCUT2D eigenvalue weighted by Gasteiger charge is 2.20. The van der Waals surface area contributed by atoms with Gasteiger partial charge in [-0.3, -0.25) is 4.79 Å². The molecule has 3 aromatic heterocycles. The van der Waals surface area contributed by atoms with Crippen molar-refractivity contribution in [3.05, 3.63) is 33.8 Å². The van der Waals surface area contributed by atoms with E-state index in [1.807, 2.05) is 5.38 Å². The lowest BCUT2D eigenvalue weighted by Gasteiger charge is -2.04. The summed E-state index contributed by atoms with van der Waals surface area (Å²) >= 11 is 1.41. The van der Waals surface area contributed by atoms with Crippen molar-refractivity contribution in [3.63, 3.8) is 0 Å². The summed E-state index contributed by atoms with van der Waals surface area (Å²) in [7, 11) is 1.22. The number of rotatable bonds is 3. The smallest absolute Gasteiger partial charge is 0.358 e. The number of nitrogens with one attached hydrogen (secondary N) is 1. The lowest BCUT2D eigenvalue weighted by atomic mass is 10.3. The predicted octanol–water partition coefficient (Wildman–Crippen LogP) is 0.853. The zero-order valence-electron chi connectivity index (χ0n) is 10.2. The first-order chi connectivity index (χ1) is 9.61. The number of H-pyrrole nitrogens is 1. The lowest BCUT2D eigenvalue weighted by Crippen LogP contribution is -2.18. The summed E-state index contributed by atoms with van der Waals surface area (Å²) in [6.45, 7) is 0. The van der Waals surface area contributed by atoms with Gasteiger partial charge in [0, 0.05) is 11.6 Å². The van der Waals surface area contributed by atoms with E-state index in [-0.39, 0.29) is 11.6 Å². The van der Waals surface area contributed by atoms with Crippen molar-refractivity contribution in [3.8, 4) is 17.1 Å². The fourth-order valence-electron chi connectivity index (χ4n) is 1.81. The Balaban J connectivity index is 2.28. The minimum Gasteiger partial charge on any atom is -0.489 e. The highest BCUT2D eigenvalue weighted by Crippen LogP contribution is 2.25. The second-order valence-corrected chi connectivity index (χ2v) is 4.71. The maximum absolute atomic E-state index is 11.9. The quantitative estimate of drug-likeness (QED) is 0.740. The molecule has 0 aromatic carbocycles. The molecule has 0 bridgehead atoms. The number of fused-ring (bicyclic) bond motifs is 1. The molecule has 0 atom stereocenters. The molecule has 0 saturated carbocycles. The van der Waals surface area contributed by atoms with Crippen LogP contribution in [-0.4, -0.2) is 37.8 Å². The Bertz CT molecular complexity index is 863. The molecule has 0 fully saturated rings. The average molecular weight is 292 g/mol. The number of methoxy groups -OCH3 is 1. The first-order valence-corrected chi connectivity index (χ1v) is 6.32. The van der Waals surface area contributed by atoms with Gasteiger partial charge in [-0.05, 0) is 0 Å². The normalized spacial score (nSPS) is 10.8. The molecule has 3 heterocycles. The minimum absolute atomic E-state index is 0.144. The van der Waals surface area contributed by atoms with Crippen molar-refractivity contribution in [2.75, 3.05) is 7.11 Å². The van der Waals surface area contributed by atoms with Crippen LogP contribution < -0.4 is 10.3 Å². The number of aromatic amines is 1. The van der Waals surface area contributed by atoms with E-state index >= 15 is 0 Å². The minimum atomic E-state index is -1.33. The number of carbonyl (C=O) groups is 1. The number of hydrogen-bond donors (Lipinski definition) is 2. The molecule has 0 aliphatic heterocycles. The van der Waals surface area contributed by atoms with E-state index in [9.17, 15) is 9.59 Å². The van der Waals surface area contributed by atoms with Crippen LogP contribution in [0.3, 0.4) is 0 Å². The third kappa shape index (κ3) is 1.75. The summed E-state index contributed by atoms with van der Waals surface area (Å²) in [5.74, 6) is -1.51. The van der Waals surface area contributed by atoms with Crippen LogP contribution >= 0.6 is 11.3 Å². The number of ether oxygens (including phenoxy) is 1. The lowest BCUT2D eigenvalue weighted by molar-refractivity contribution is 0.0686. The van der Waals surface area contributed by atoms with E-state index in [0.29, 0.717) is 5.56 Å². The van der Waals surface area contributed by atoms with Gasteiger partial charge in [0.15, 0.2) is 5.69 Å². The largest absolute Gasteiger partial charge is 0.489 e. The molecule has 3 aromatic rings. The maximum atomic E-state index is 11.9. The van der Waals surface area contributed by atoms with Crippen LogP contribution in [0.2, 0.25) is 0 Å². The molecular formula is C11H8N4O4S. The van der Waals surface area contributed by atoms with Gasteiger partial charge in [-0.2, -0.15) is 5.10 Å².